The molecule has 2 heteroatoms. The fraction of sp³-hybridized carbons (Fsp3) is 0.308. The highest BCUT2D eigenvalue weighted by Crippen LogP contribution is 2.40. The van der Waals surface area contributed by atoms with E-state index in [9.17, 15) is 0 Å². The zero-order valence-electron chi connectivity index (χ0n) is 16.8. The first-order chi connectivity index (χ1) is 13.7. The monoisotopic (exact) mass is 371 g/mol. The van der Waals surface area contributed by atoms with E-state index in [1.54, 1.807) is 0 Å². The molecule has 2 nitrogen and oxygen atoms in total. The van der Waals surface area contributed by atoms with Crippen LogP contribution in [0.25, 0.3) is 0 Å². The zero-order chi connectivity index (χ0) is 19.3. The topological polar surface area (TPSA) is 21.3 Å². The van der Waals surface area contributed by atoms with Crippen LogP contribution >= 0.6 is 0 Å². The summed E-state index contributed by atoms with van der Waals surface area (Å²) in [4.78, 5) is 0. The third-order valence-electron chi connectivity index (χ3n) is 5.66. The summed E-state index contributed by atoms with van der Waals surface area (Å²) in [7, 11) is 0. The molecule has 0 aromatic heterocycles. The number of ether oxygens (including phenoxy) is 1. The molecule has 3 aromatic rings. The predicted octanol–water partition coefficient (Wildman–Crippen LogP) is 6.41. The predicted molar refractivity (Wildman–Crippen MR) is 117 cm³/mol. The molecule has 1 N–H and O–H groups in total. The third-order valence-corrected chi connectivity index (χ3v) is 5.66. The Hall–Kier alpha value is -2.74. The van der Waals surface area contributed by atoms with Crippen molar-refractivity contribution in [2.45, 2.75) is 39.2 Å². The minimum Gasteiger partial charge on any atom is -0.489 e. The molecule has 0 bridgehead atoms. The highest BCUT2D eigenvalue weighted by Gasteiger charge is 2.25. The maximum absolute atomic E-state index is 6.12. The van der Waals surface area contributed by atoms with E-state index in [0.29, 0.717) is 18.4 Å². The van der Waals surface area contributed by atoms with Crippen LogP contribution in [0.5, 0.6) is 5.75 Å². The van der Waals surface area contributed by atoms with Crippen molar-refractivity contribution in [3.05, 3.63) is 95.1 Å². The van der Waals surface area contributed by atoms with Crippen molar-refractivity contribution in [1.29, 1.82) is 0 Å². The molecule has 0 saturated heterocycles. The Labute approximate surface area is 168 Å². The van der Waals surface area contributed by atoms with Crippen molar-refractivity contribution < 1.29 is 4.74 Å². The van der Waals surface area contributed by atoms with Crippen molar-refractivity contribution in [3.63, 3.8) is 0 Å². The van der Waals surface area contributed by atoms with Gasteiger partial charge in [-0.25, -0.2) is 0 Å². The summed E-state index contributed by atoms with van der Waals surface area (Å²) in [5.41, 5.74) is 6.73. The van der Waals surface area contributed by atoms with Gasteiger partial charge >= 0.3 is 0 Å². The molecule has 0 aliphatic carbocycles. The second kappa shape index (κ2) is 8.52. The number of hydrogen-bond acceptors (Lipinski definition) is 2. The van der Waals surface area contributed by atoms with E-state index >= 15 is 0 Å². The first-order valence-corrected chi connectivity index (χ1v) is 10.3. The van der Waals surface area contributed by atoms with E-state index < -0.39 is 0 Å². The third kappa shape index (κ3) is 4.22. The van der Waals surface area contributed by atoms with E-state index in [1.807, 2.05) is 30.3 Å². The summed E-state index contributed by atoms with van der Waals surface area (Å²) < 4.78 is 6.12. The van der Waals surface area contributed by atoms with Gasteiger partial charge in [0.1, 0.15) is 12.4 Å². The van der Waals surface area contributed by atoms with Gasteiger partial charge in [0, 0.05) is 17.8 Å². The van der Waals surface area contributed by atoms with Crippen molar-refractivity contribution in [2.75, 3.05) is 11.9 Å². The fourth-order valence-corrected chi connectivity index (χ4v) is 4.23. The Morgan fingerprint density at radius 1 is 0.929 bits per heavy atom. The molecule has 1 heterocycles. The number of para-hydroxylation sites is 1. The van der Waals surface area contributed by atoms with Gasteiger partial charge in [0.25, 0.3) is 0 Å². The summed E-state index contributed by atoms with van der Waals surface area (Å²) >= 11 is 0. The Balaban J connectivity index is 1.68. The lowest BCUT2D eigenvalue weighted by Crippen LogP contribution is -2.22. The van der Waals surface area contributed by atoms with Gasteiger partial charge in [-0.05, 0) is 59.6 Å². The molecule has 0 spiro atoms. The Morgan fingerprint density at radius 2 is 1.64 bits per heavy atom. The quantitative estimate of drug-likeness (QED) is 0.540. The fourth-order valence-electron chi connectivity index (χ4n) is 4.23. The molecule has 0 radical (unpaired) electrons. The number of anilines is 1. The number of fused-ring (bicyclic) bond motifs is 1. The molecule has 3 aromatic carbocycles. The number of rotatable bonds is 6. The van der Waals surface area contributed by atoms with E-state index in [1.165, 1.54) is 34.4 Å². The van der Waals surface area contributed by atoms with Crippen LogP contribution in [-0.4, -0.2) is 6.54 Å². The number of nitrogens with one attached hydrogen (secondary N) is 1. The molecule has 28 heavy (non-hydrogen) atoms. The molecule has 1 unspecified atom stereocenters. The first kappa shape index (κ1) is 18.6. The standard InChI is InChI=1S/C26H29NO/c1-19(2)24-13-14-27-26-22(18-28-23-11-7-4-8-12-23)16-21(17-25(24)26)15-20-9-5-3-6-10-20/h3-12,16-17,19,24,27H,13-15,18H2,1-2H3. The average Bonchev–Trinajstić information content (AvgIpc) is 2.73. The van der Waals surface area contributed by atoms with Gasteiger partial charge in [-0.3, -0.25) is 0 Å². The van der Waals surface area contributed by atoms with E-state index in [-0.39, 0.29) is 0 Å². The lowest BCUT2D eigenvalue weighted by Gasteiger charge is -2.32. The molecule has 1 aliphatic heterocycles. The van der Waals surface area contributed by atoms with Crippen LogP contribution in [0.3, 0.4) is 0 Å². The van der Waals surface area contributed by atoms with Crippen LogP contribution in [0.1, 0.15) is 48.4 Å². The molecule has 4 rings (SSSR count). The van der Waals surface area contributed by atoms with E-state index in [2.05, 4.69) is 61.6 Å². The van der Waals surface area contributed by atoms with Gasteiger partial charge < -0.3 is 10.1 Å². The smallest absolute Gasteiger partial charge is 0.119 e. The Morgan fingerprint density at radius 3 is 2.36 bits per heavy atom. The van der Waals surface area contributed by atoms with Crippen LogP contribution < -0.4 is 10.1 Å². The number of benzene rings is 3. The maximum atomic E-state index is 6.12. The highest BCUT2D eigenvalue weighted by molar-refractivity contribution is 5.62. The van der Waals surface area contributed by atoms with Crippen molar-refractivity contribution in [3.8, 4) is 5.75 Å². The molecule has 144 valence electrons. The first-order valence-electron chi connectivity index (χ1n) is 10.3. The van der Waals surface area contributed by atoms with Crippen LogP contribution in [0, 0.1) is 5.92 Å². The molecule has 1 atom stereocenters. The van der Waals surface area contributed by atoms with Gasteiger partial charge in [-0.1, -0.05) is 68.4 Å². The zero-order valence-corrected chi connectivity index (χ0v) is 16.8. The van der Waals surface area contributed by atoms with Gasteiger partial charge in [0.05, 0.1) is 0 Å². The number of hydrogen-bond donors (Lipinski definition) is 1. The SMILES string of the molecule is CC(C)C1CCNc2c(COc3ccccc3)cc(Cc3ccccc3)cc21. The van der Waals surface area contributed by atoms with Crippen LogP contribution in [0.4, 0.5) is 5.69 Å². The largest absolute Gasteiger partial charge is 0.489 e. The van der Waals surface area contributed by atoms with Crippen molar-refractivity contribution >= 4 is 5.69 Å². The molecular weight excluding hydrogens is 342 g/mol. The molecular formula is C26H29NO. The summed E-state index contributed by atoms with van der Waals surface area (Å²) in [5, 5.41) is 3.66. The van der Waals surface area contributed by atoms with Crippen LogP contribution in [0.2, 0.25) is 0 Å². The summed E-state index contributed by atoms with van der Waals surface area (Å²) in [6, 6.07) is 25.6. The summed E-state index contributed by atoms with van der Waals surface area (Å²) in [6.07, 6.45) is 2.15. The molecule has 0 saturated carbocycles. The van der Waals surface area contributed by atoms with Gasteiger partial charge in [-0.2, -0.15) is 0 Å². The van der Waals surface area contributed by atoms with E-state index in [4.69, 9.17) is 4.74 Å². The lowest BCUT2D eigenvalue weighted by atomic mass is 9.80. The second-order valence-electron chi connectivity index (χ2n) is 8.05. The van der Waals surface area contributed by atoms with Crippen LogP contribution in [0.15, 0.2) is 72.8 Å². The van der Waals surface area contributed by atoms with Gasteiger partial charge in [-0.15, -0.1) is 0 Å². The van der Waals surface area contributed by atoms with Gasteiger partial charge in [0.2, 0.25) is 0 Å². The summed E-state index contributed by atoms with van der Waals surface area (Å²) in [5.74, 6) is 2.15. The maximum Gasteiger partial charge on any atom is 0.119 e. The Bertz CT molecular complexity index is 902. The minimum atomic E-state index is 0.590. The molecule has 0 amide bonds. The van der Waals surface area contributed by atoms with Crippen molar-refractivity contribution in [1.82, 2.24) is 0 Å². The lowest BCUT2D eigenvalue weighted by molar-refractivity contribution is 0.306. The molecule has 1 aliphatic rings. The minimum absolute atomic E-state index is 0.590. The summed E-state index contributed by atoms with van der Waals surface area (Å²) in [6.45, 7) is 6.30. The normalized spacial score (nSPS) is 15.8. The Kier molecular flexibility index (Phi) is 5.66. The van der Waals surface area contributed by atoms with Gasteiger partial charge in [0.15, 0.2) is 0 Å². The highest BCUT2D eigenvalue weighted by atomic mass is 16.5. The van der Waals surface area contributed by atoms with Crippen LogP contribution in [-0.2, 0) is 13.0 Å². The second-order valence-corrected chi connectivity index (χ2v) is 8.05. The van der Waals surface area contributed by atoms with Crippen molar-refractivity contribution in [2.24, 2.45) is 5.92 Å². The average molecular weight is 372 g/mol. The molecule has 0 fully saturated rings. The van der Waals surface area contributed by atoms with E-state index in [0.717, 1.165) is 18.7 Å².